The van der Waals surface area contributed by atoms with Crippen molar-refractivity contribution >= 4 is 77.2 Å². The van der Waals surface area contributed by atoms with E-state index in [0.29, 0.717) is 42.4 Å². The maximum atomic E-state index is 15.4. The van der Waals surface area contributed by atoms with Gasteiger partial charge in [0.05, 0.1) is 30.5 Å². The van der Waals surface area contributed by atoms with Crippen molar-refractivity contribution in [1.82, 2.24) is 63.0 Å². The number of hydrogen-bond acceptors (Lipinski definition) is 22. The number of carbonyl (C=O) groups excluding carboxylic acids is 11. The second-order valence-electron chi connectivity index (χ2n) is 28.8. The van der Waals surface area contributed by atoms with Crippen molar-refractivity contribution in [2.75, 3.05) is 44.7 Å². The Morgan fingerprint density at radius 2 is 1.30 bits per heavy atom. The lowest BCUT2D eigenvalue weighted by Crippen LogP contribution is -2.65. The Labute approximate surface area is 624 Å². The number of benzene rings is 2. The van der Waals surface area contributed by atoms with E-state index in [4.69, 9.17) is 5.73 Å². The third kappa shape index (κ3) is 27.9. The zero-order valence-corrected chi connectivity index (χ0v) is 62.8. The molecule has 3 aliphatic heterocycles. The second kappa shape index (κ2) is 45.3. The number of nitrogens with two attached hydrogens (primary N) is 1. The van der Waals surface area contributed by atoms with Crippen LogP contribution in [0.2, 0.25) is 0 Å². The van der Waals surface area contributed by atoms with Crippen molar-refractivity contribution in [3.63, 3.8) is 0 Å². The highest BCUT2D eigenvalue weighted by Crippen LogP contribution is 2.27. The highest BCUT2D eigenvalue weighted by Gasteiger charge is 2.49. The zero-order valence-electron chi connectivity index (χ0n) is 62.0. The lowest BCUT2D eigenvalue weighted by molar-refractivity contribution is -0.148. The quantitative estimate of drug-likeness (QED) is 0.0255. The van der Waals surface area contributed by atoms with E-state index >= 15 is 9.59 Å². The first-order valence-corrected chi connectivity index (χ1v) is 38.5. The predicted molar refractivity (Wildman–Crippen MR) is 394 cm³/mol. The lowest BCUT2D eigenvalue weighted by atomic mass is 9.91. The number of aromatic hydroxyl groups is 1. The number of unbranched alkanes of at least 4 members (excludes halogenated alkanes) is 5. The van der Waals surface area contributed by atoms with E-state index < -0.39 is 201 Å². The Morgan fingerprint density at radius 1 is 0.670 bits per heavy atom. The zero-order chi connectivity index (χ0) is 78.3. The average Bonchev–Trinajstić information content (AvgIpc) is 1.62. The normalized spacial score (nSPS) is 24.7. The van der Waals surface area contributed by atoms with Crippen LogP contribution in [0.5, 0.6) is 5.75 Å². The molecular formula is C73H117N13O19S. The second-order valence-corrected chi connectivity index (χ2v) is 29.8. The number of thioether (sulfide) groups is 1. The van der Waals surface area contributed by atoms with Crippen LogP contribution in [0.1, 0.15) is 162 Å². The van der Waals surface area contributed by atoms with Gasteiger partial charge in [-0.2, -0.15) is 11.8 Å². The van der Waals surface area contributed by atoms with Gasteiger partial charge in [0.25, 0.3) is 0 Å². The number of hydrogen-bond donors (Lipinski definition) is 19. The fraction of sp³-hybridized carbons (Fsp3) is 0.685. The fourth-order valence-corrected chi connectivity index (χ4v) is 13.9. The third-order valence-corrected chi connectivity index (χ3v) is 20.3. The van der Waals surface area contributed by atoms with E-state index in [0.717, 1.165) is 67.4 Å². The van der Waals surface area contributed by atoms with Crippen LogP contribution in [-0.2, 0) is 59.2 Å². The van der Waals surface area contributed by atoms with Gasteiger partial charge < -0.3 is 104 Å². The number of nitrogens with one attached hydrogen (secondary N) is 10. The average molecular weight is 1510 g/mol. The SMILES string of the molecule is CC[C@H](C)C[C@H](C)CCCCCCCCC(=O)N[C@H]1C[C@@H](O)[C@@H](NCCN)NC(=O)[C@@H]2[C@@H](O)CCN2C(=O)[C@H]([C@H](O)CCNC(=O)[C@H](Cc2ccccc2)NC(=O)[C@H](CC(C)C)NC(=O)[C@H](CCSC)NC=O)NC(=O)[C@H]([C@H](O)[C@@H](O)c2ccc(O)cc2)NC(=O)[C@@H]2C[C@@H](O)CN2C(=O)[C@H]([C@@H](C)O)NC1=O. The summed E-state index contributed by atoms with van der Waals surface area (Å²) in [6.45, 7) is 9.63. The van der Waals surface area contributed by atoms with Crippen molar-refractivity contribution in [3.05, 3.63) is 65.7 Å². The molecule has 0 saturated carbocycles. The number of phenols is 1. The predicted octanol–water partition coefficient (Wildman–Crippen LogP) is -2.03. The highest BCUT2D eigenvalue weighted by atomic mass is 32.2. The summed E-state index contributed by atoms with van der Waals surface area (Å²) < 4.78 is 0. The number of fused-ring (bicyclic) bond motifs is 2. The largest absolute Gasteiger partial charge is 0.508 e. The van der Waals surface area contributed by atoms with Crippen LogP contribution in [0.15, 0.2) is 54.6 Å². The van der Waals surface area contributed by atoms with Gasteiger partial charge >= 0.3 is 0 Å². The van der Waals surface area contributed by atoms with E-state index in [1.165, 1.54) is 30.3 Å². The van der Waals surface area contributed by atoms with Gasteiger partial charge in [0.1, 0.15) is 78.5 Å². The van der Waals surface area contributed by atoms with Crippen LogP contribution < -0.4 is 58.9 Å². The van der Waals surface area contributed by atoms with Crippen molar-refractivity contribution in [3.8, 4) is 5.75 Å². The molecule has 3 heterocycles. The highest BCUT2D eigenvalue weighted by molar-refractivity contribution is 7.98. The van der Waals surface area contributed by atoms with E-state index in [2.05, 4.69) is 73.9 Å². The molecular weight excluding hydrogens is 1390 g/mol. The molecule has 5 rings (SSSR count). The van der Waals surface area contributed by atoms with Crippen LogP contribution in [0.4, 0.5) is 0 Å². The Bertz CT molecular complexity index is 3150. The molecule has 3 aliphatic rings. The minimum Gasteiger partial charge on any atom is -0.508 e. The minimum absolute atomic E-state index is 0.0772. The molecule has 0 radical (unpaired) electrons. The Morgan fingerprint density at radius 3 is 1.94 bits per heavy atom. The molecule has 0 spiro atoms. The minimum atomic E-state index is -2.42. The van der Waals surface area contributed by atoms with E-state index in [1.54, 1.807) is 30.3 Å². The number of amides is 11. The smallest absolute Gasteiger partial charge is 0.248 e. The summed E-state index contributed by atoms with van der Waals surface area (Å²) >= 11 is 1.44. The van der Waals surface area contributed by atoms with Gasteiger partial charge in [-0.1, -0.05) is 122 Å². The van der Waals surface area contributed by atoms with Gasteiger partial charge in [-0.3, -0.25) is 58.1 Å². The number of aliphatic hydroxyl groups excluding tert-OH is 7. The number of rotatable bonds is 38. The van der Waals surface area contributed by atoms with Crippen LogP contribution in [-0.4, -0.2) is 258 Å². The molecule has 106 heavy (non-hydrogen) atoms. The summed E-state index contributed by atoms with van der Waals surface area (Å²) in [6.07, 6.45) is -6.59. The molecule has 20 N–H and O–H groups in total. The summed E-state index contributed by atoms with van der Waals surface area (Å²) in [5, 5.41) is 118. The molecule has 0 aromatic heterocycles. The summed E-state index contributed by atoms with van der Waals surface area (Å²) in [5.41, 5.74) is 6.34. The summed E-state index contributed by atoms with van der Waals surface area (Å²) in [6, 6.07) is -2.47. The van der Waals surface area contributed by atoms with Gasteiger partial charge in [0.15, 0.2) is 0 Å². The van der Waals surface area contributed by atoms with Crippen molar-refractivity contribution < 1.29 is 93.6 Å². The lowest BCUT2D eigenvalue weighted by Gasteiger charge is -2.35. The topological polar surface area (TPSA) is 502 Å². The number of carbonyl (C=O) groups is 11. The molecule has 0 bridgehead atoms. The van der Waals surface area contributed by atoms with Crippen LogP contribution in [0.3, 0.4) is 0 Å². The monoisotopic (exact) mass is 1510 g/mol. The fourth-order valence-electron chi connectivity index (χ4n) is 13.5. The van der Waals surface area contributed by atoms with Gasteiger partial charge in [0, 0.05) is 58.4 Å². The molecule has 2 aromatic rings. The Kier molecular flexibility index (Phi) is 38.0. The molecule has 0 unspecified atom stereocenters. The van der Waals surface area contributed by atoms with Crippen molar-refractivity contribution in [1.29, 1.82) is 0 Å². The number of nitrogens with zero attached hydrogens (tertiary/aromatic N) is 2. The van der Waals surface area contributed by atoms with Gasteiger partial charge in [-0.25, -0.2) is 0 Å². The molecule has 33 heteroatoms. The molecule has 3 saturated heterocycles. The molecule has 0 aliphatic carbocycles. The first-order chi connectivity index (χ1) is 50.4. The number of phenolic OH excluding ortho intramolecular Hbond substituents is 1. The molecule has 594 valence electrons. The maximum Gasteiger partial charge on any atom is 0.248 e. The van der Waals surface area contributed by atoms with Gasteiger partial charge in [-0.15, -0.1) is 0 Å². The van der Waals surface area contributed by atoms with E-state index in [9.17, 15) is 84.0 Å². The summed E-state index contributed by atoms with van der Waals surface area (Å²) in [4.78, 5) is 159. The Balaban J connectivity index is 1.54. The Hall–Kier alpha value is -7.60. The standard InChI is InChI=1S/C73H117N13O19S/c1-8-42(4)35-43(5)18-14-11-9-10-12-17-21-57(94)78-52-38-56(93)64(75-31-29-74)84-71(103)61-55(92)27-32-85(61)73(105)59(54(91)26-30-76-65(97)51(36-45-19-15-13-16-20-45)80-67(99)50(34-41(2)3)79-66(98)49(77-40-87)28-33-106-7)82-70(102)60(63(96)62(95)46-22-24-47(89)25-23-46)83-69(101)53-37-48(90)39-86(53)72(104)58(44(6)88)81-68(52)100/h13,15-16,19-20,22-25,40-44,48-56,58-64,75,88-93,95-96H,8-12,14,17-18,21,26-39,74H2,1-7H3,(H,76,97)(H,77,87)(H,78,94)(H,79,98)(H,80,99)(H,81,100)(H,82,102)(H,83,101)(H,84,103)/t42-,43+,44+,48+,49-,50-,51-,52-,53-,54+,55-,56+,58-,59-,60-,61-,62-,63-,64-/m0/s1. The molecule has 19 atom stereocenters. The summed E-state index contributed by atoms with van der Waals surface area (Å²) in [5.74, 6) is -9.09. The molecule has 3 fully saturated rings. The van der Waals surface area contributed by atoms with Crippen molar-refractivity contribution in [2.24, 2.45) is 23.5 Å². The van der Waals surface area contributed by atoms with Crippen LogP contribution >= 0.6 is 11.8 Å². The third-order valence-electron chi connectivity index (χ3n) is 19.6. The van der Waals surface area contributed by atoms with Crippen molar-refractivity contribution in [2.45, 2.75) is 254 Å². The maximum absolute atomic E-state index is 15.4. The van der Waals surface area contributed by atoms with Gasteiger partial charge in [-0.05, 0) is 98.5 Å². The first-order valence-electron chi connectivity index (χ1n) is 37.1. The van der Waals surface area contributed by atoms with Crippen LogP contribution in [0, 0.1) is 17.8 Å². The summed E-state index contributed by atoms with van der Waals surface area (Å²) in [7, 11) is 0. The van der Waals surface area contributed by atoms with Gasteiger partial charge in [0.2, 0.25) is 65.5 Å². The van der Waals surface area contributed by atoms with E-state index in [-0.39, 0.29) is 62.4 Å². The number of aliphatic hydroxyl groups is 7. The molecule has 11 amide bonds. The molecule has 32 nitrogen and oxygen atoms in total. The van der Waals surface area contributed by atoms with E-state index in [1.807, 2.05) is 20.1 Å². The molecule has 2 aromatic carbocycles. The first kappa shape index (κ1) is 89.0. The van der Waals surface area contributed by atoms with Crippen LogP contribution in [0.25, 0.3) is 0 Å².